The Hall–Kier alpha value is -0.120. The fraction of sp³-hybridized carbons (Fsp3) is 1.00. The summed E-state index contributed by atoms with van der Waals surface area (Å²) in [6, 6.07) is 0. The van der Waals surface area contributed by atoms with E-state index in [4.69, 9.17) is 0 Å². The van der Waals surface area contributed by atoms with E-state index in [2.05, 4.69) is 4.90 Å². The van der Waals surface area contributed by atoms with Crippen LogP contribution in [0, 0.1) is 5.41 Å². The smallest absolute Gasteiger partial charge is 0.0664 e. The Labute approximate surface area is 93.1 Å². The molecule has 0 aromatic carbocycles. The average molecular weight is 215 g/mol. The van der Waals surface area contributed by atoms with E-state index in [1.54, 1.807) is 0 Å². The summed E-state index contributed by atoms with van der Waals surface area (Å²) < 4.78 is 0. The second kappa shape index (κ2) is 5.83. The molecule has 0 aromatic heterocycles. The van der Waals surface area contributed by atoms with Gasteiger partial charge in [-0.2, -0.15) is 0 Å². The number of likely N-dealkylation sites (N-methyl/N-ethyl adjacent to an activating group) is 1. The number of hydrogen-bond acceptors (Lipinski definition) is 3. The van der Waals surface area contributed by atoms with Gasteiger partial charge in [-0.3, -0.25) is 0 Å². The molecule has 0 spiro atoms. The van der Waals surface area contributed by atoms with Crippen LogP contribution < -0.4 is 0 Å². The van der Waals surface area contributed by atoms with Gasteiger partial charge >= 0.3 is 0 Å². The summed E-state index contributed by atoms with van der Waals surface area (Å²) in [4.78, 5) is 2.16. The van der Waals surface area contributed by atoms with Crippen molar-refractivity contribution in [2.75, 3.05) is 26.7 Å². The number of aliphatic hydroxyl groups is 2. The third-order valence-electron chi connectivity index (χ3n) is 3.60. The number of rotatable bonds is 6. The zero-order valence-corrected chi connectivity index (χ0v) is 10.1. The van der Waals surface area contributed by atoms with Crippen molar-refractivity contribution in [2.45, 2.75) is 45.1 Å². The van der Waals surface area contributed by atoms with Gasteiger partial charge in [-0.15, -0.1) is 0 Å². The van der Waals surface area contributed by atoms with Crippen molar-refractivity contribution in [3.05, 3.63) is 0 Å². The monoisotopic (exact) mass is 215 g/mol. The Balaban J connectivity index is 2.37. The predicted molar refractivity (Wildman–Crippen MR) is 61.8 cm³/mol. The molecule has 1 aliphatic rings. The van der Waals surface area contributed by atoms with Gasteiger partial charge in [0.05, 0.1) is 6.10 Å². The Morgan fingerprint density at radius 2 is 1.93 bits per heavy atom. The highest BCUT2D eigenvalue weighted by molar-refractivity contribution is 4.86. The Bertz CT molecular complexity index is 178. The van der Waals surface area contributed by atoms with E-state index in [9.17, 15) is 10.2 Å². The highest BCUT2D eigenvalue weighted by Gasteiger charge is 2.34. The summed E-state index contributed by atoms with van der Waals surface area (Å²) in [5.74, 6) is 0. The maximum atomic E-state index is 9.55. The first kappa shape index (κ1) is 12.9. The molecule has 1 rings (SSSR count). The maximum Gasteiger partial charge on any atom is 0.0664 e. The van der Waals surface area contributed by atoms with Gasteiger partial charge in [-0.1, -0.05) is 19.8 Å². The van der Waals surface area contributed by atoms with Crippen molar-refractivity contribution < 1.29 is 10.2 Å². The number of aliphatic hydroxyl groups excluding tert-OH is 2. The van der Waals surface area contributed by atoms with Crippen LogP contribution in [0.4, 0.5) is 0 Å². The van der Waals surface area contributed by atoms with Crippen LogP contribution in [0.25, 0.3) is 0 Å². The zero-order valence-electron chi connectivity index (χ0n) is 10.1. The van der Waals surface area contributed by atoms with Crippen molar-refractivity contribution >= 4 is 0 Å². The van der Waals surface area contributed by atoms with Gasteiger partial charge in [-0.05, 0) is 26.3 Å². The summed E-state index contributed by atoms with van der Waals surface area (Å²) in [5, 5.41) is 19.0. The van der Waals surface area contributed by atoms with Crippen molar-refractivity contribution in [3.63, 3.8) is 0 Å². The minimum Gasteiger partial charge on any atom is -0.396 e. The highest BCUT2D eigenvalue weighted by atomic mass is 16.3. The van der Waals surface area contributed by atoms with Gasteiger partial charge in [0.2, 0.25) is 0 Å². The summed E-state index contributed by atoms with van der Waals surface area (Å²) in [6.45, 7) is 3.92. The lowest BCUT2D eigenvalue weighted by atomic mass is 9.86. The van der Waals surface area contributed by atoms with Gasteiger partial charge < -0.3 is 15.1 Å². The first-order valence-corrected chi connectivity index (χ1v) is 6.09. The molecule has 0 aliphatic heterocycles. The quantitative estimate of drug-likeness (QED) is 0.700. The Morgan fingerprint density at radius 1 is 1.33 bits per heavy atom. The molecule has 0 radical (unpaired) electrons. The molecule has 0 heterocycles. The van der Waals surface area contributed by atoms with Crippen molar-refractivity contribution in [1.29, 1.82) is 0 Å². The third kappa shape index (κ3) is 3.74. The molecule has 0 saturated heterocycles. The van der Waals surface area contributed by atoms with Crippen LogP contribution in [0.5, 0.6) is 0 Å². The fourth-order valence-corrected chi connectivity index (χ4v) is 2.62. The minimum absolute atomic E-state index is 0.113. The van der Waals surface area contributed by atoms with Crippen LogP contribution in [-0.4, -0.2) is 48.0 Å². The van der Waals surface area contributed by atoms with Crippen LogP contribution in [-0.2, 0) is 0 Å². The van der Waals surface area contributed by atoms with Gasteiger partial charge in [0.1, 0.15) is 0 Å². The Kier molecular flexibility index (Phi) is 5.03. The second-order valence-electron chi connectivity index (χ2n) is 5.12. The molecule has 3 heteroatoms. The third-order valence-corrected chi connectivity index (χ3v) is 3.60. The van der Waals surface area contributed by atoms with Crippen LogP contribution in [0.3, 0.4) is 0 Å². The Morgan fingerprint density at radius 3 is 2.40 bits per heavy atom. The van der Waals surface area contributed by atoms with Crippen molar-refractivity contribution in [2.24, 2.45) is 5.41 Å². The van der Waals surface area contributed by atoms with Crippen LogP contribution in [0.15, 0.2) is 0 Å². The molecule has 3 nitrogen and oxygen atoms in total. The van der Waals surface area contributed by atoms with Gasteiger partial charge in [0, 0.05) is 25.1 Å². The molecule has 1 fully saturated rings. The molecule has 15 heavy (non-hydrogen) atoms. The van der Waals surface area contributed by atoms with Crippen LogP contribution >= 0.6 is 0 Å². The summed E-state index contributed by atoms with van der Waals surface area (Å²) >= 11 is 0. The molecule has 0 bridgehead atoms. The highest BCUT2D eigenvalue weighted by Crippen LogP contribution is 2.38. The van der Waals surface area contributed by atoms with Gasteiger partial charge in [0.25, 0.3) is 0 Å². The lowest BCUT2D eigenvalue weighted by molar-refractivity contribution is 0.0602. The zero-order chi connectivity index (χ0) is 11.3. The van der Waals surface area contributed by atoms with Crippen molar-refractivity contribution in [3.8, 4) is 0 Å². The van der Waals surface area contributed by atoms with E-state index in [1.807, 2.05) is 14.0 Å². The van der Waals surface area contributed by atoms with E-state index in [1.165, 1.54) is 12.8 Å². The van der Waals surface area contributed by atoms with Gasteiger partial charge in [-0.25, -0.2) is 0 Å². The largest absolute Gasteiger partial charge is 0.396 e. The predicted octanol–water partition coefficient (Wildman–Crippen LogP) is 1.24. The van der Waals surface area contributed by atoms with Crippen molar-refractivity contribution in [1.82, 2.24) is 4.90 Å². The molecule has 1 aliphatic carbocycles. The average Bonchev–Trinajstić information content (AvgIpc) is 2.66. The van der Waals surface area contributed by atoms with Crippen LogP contribution in [0.1, 0.15) is 39.0 Å². The number of nitrogens with zero attached hydrogens (tertiary/aromatic N) is 1. The normalized spacial score (nSPS) is 22.2. The minimum atomic E-state index is -0.229. The molecular formula is C12H25NO2. The van der Waals surface area contributed by atoms with E-state index in [-0.39, 0.29) is 11.5 Å². The molecule has 1 atom stereocenters. The fourth-order valence-electron chi connectivity index (χ4n) is 2.62. The molecule has 1 saturated carbocycles. The maximum absolute atomic E-state index is 9.55. The van der Waals surface area contributed by atoms with E-state index in [0.717, 1.165) is 32.4 Å². The summed E-state index contributed by atoms with van der Waals surface area (Å²) in [6.07, 6.45) is 5.32. The summed E-state index contributed by atoms with van der Waals surface area (Å²) in [7, 11) is 2.04. The van der Waals surface area contributed by atoms with Gasteiger partial charge in [0.15, 0.2) is 0 Å². The van der Waals surface area contributed by atoms with E-state index in [0.29, 0.717) is 6.61 Å². The lowest BCUT2D eigenvalue weighted by Gasteiger charge is -2.32. The summed E-state index contributed by atoms with van der Waals surface area (Å²) in [5.41, 5.74) is 0.113. The SMILES string of the molecule is CCC(O)CN(C)CC1(CO)CCCC1. The molecular weight excluding hydrogens is 190 g/mol. The first-order valence-electron chi connectivity index (χ1n) is 6.09. The molecule has 90 valence electrons. The molecule has 0 aromatic rings. The second-order valence-corrected chi connectivity index (χ2v) is 5.12. The standard InChI is InChI=1S/C12H25NO2/c1-3-11(15)8-13(2)9-12(10-14)6-4-5-7-12/h11,14-15H,3-10H2,1-2H3. The molecule has 1 unspecified atom stereocenters. The van der Waals surface area contributed by atoms with Crippen LogP contribution in [0.2, 0.25) is 0 Å². The van der Waals surface area contributed by atoms with E-state index >= 15 is 0 Å². The molecule has 2 N–H and O–H groups in total. The van der Waals surface area contributed by atoms with E-state index < -0.39 is 0 Å². The topological polar surface area (TPSA) is 43.7 Å². The number of hydrogen-bond donors (Lipinski definition) is 2. The lowest BCUT2D eigenvalue weighted by Crippen LogP contribution is -2.39. The first-order chi connectivity index (χ1) is 7.12. The molecule has 0 amide bonds.